The van der Waals surface area contributed by atoms with E-state index in [0.29, 0.717) is 5.92 Å². The number of rotatable bonds is 3. The molecule has 6 heteroatoms. The van der Waals surface area contributed by atoms with Crippen LogP contribution in [0.4, 0.5) is 5.95 Å². The van der Waals surface area contributed by atoms with E-state index in [1.807, 2.05) is 23.1 Å². The van der Waals surface area contributed by atoms with Gasteiger partial charge in [0.05, 0.1) is 0 Å². The summed E-state index contributed by atoms with van der Waals surface area (Å²) in [4.78, 5) is 17.9. The van der Waals surface area contributed by atoms with E-state index in [-0.39, 0.29) is 18.4 Å². The molecule has 0 bridgehead atoms. The normalized spacial score (nSPS) is 18.4. The molecule has 1 aliphatic heterocycles. The minimum Gasteiger partial charge on any atom is -0.367 e. The first-order valence-corrected chi connectivity index (χ1v) is 6.70. The molecule has 1 unspecified atom stereocenters. The Morgan fingerprint density at radius 1 is 1.35 bits per heavy atom. The molecule has 1 amide bonds. The minimum absolute atomic E-state index is 0.0633. The van der Waals surface area contributed by atoms with Crippen molar-refractivity contribution in [3.8, 4) is 0 Å². The number of carbonyl (C=O) groups is 1. The predicted molar refractivity (Wildman–Crippen MR) is 74.8 cm³/mol. The number of nitrogens with two attached hydrogens (primary N) is 1. The number of carbonyl (C=O) groups excluding carboxylic acids is 1. The molecule has 0 spiro atoms. The molecule has 6 nitrogen and oxygen atoms in total. The lowest BCUT2D eigenvalue weighted by atomic mass is 9.99. The maximum absolute atomic E-state index is 12.2. The fourth-order valence-corrected chi connectivity index (χ4v) is 2.61. The van der Waals surface area contributed by atoms with E-state index in [9.17, 15) is 4.79 Å². The van der Waals surface area contributed by atoms with E-state index in [1.165, 1.54) is 16.6 Å². The highest BCUT2D eigenvalue weighted by atomic mass is 16.2. The number of anilines is 1. The number of hydrogen-bond acceptors (Lipinski definition) is 4. The summed E-state index contributed by atoms with van der Waals surface area (Å²) < 4.78 is 1.48. The van der Waals surface area contributed by atoms with Gasteiger partial charge in [-0.05, 0) is 12.0 Å². The molecule has 20 heavy (non-hydrogen) atoms. The first kappa shape index (κ1) is 12.7. The summed E-state index contributed by atoms with van der Waals surface area (Å²) in [6.07, 6.45) is 2.49. The Hall–Kier alpha value is -2.37. The summed E-state index contributed by atoms with van der Waals surface area (Å²) in [7, 11) is 0. The number of aromatic nitrogens is 3. The highest BCUT2D eigenvalue weighted by Crippen LogP contribution is 2.26. The Morgan fingerprint density at radius 2 is 2.15 bits per heavy atom. The van der Waals surface area contributed by atoms with Crippen molar-refractivity contribution in [1.82, 2.24) is 19.7 Å². The van der Waals surface area contributed by atoms with Crippen molar-refractivity contribution in [2.75, 3.05) is 18.8 Å². The second-order valence-corrected chi connectivity index (χ2v) is 5.04. The van der Waals surface area contributed by atoms with Gasteiger partial charge in [-0.15, -0.1) is 5.10 Å². The molecular formula is C14H17N5O. The molecule has 2 heterocycles. The average Bonchev–Trinajstić information content (AvgIpc) is 3.09. The highest BCUT2D eigenvalue weighted by Gasteiger charge is 2.27. The van der Waals surface area contributed by atoms with E-state index in [2.05, 4.69) is 22.2 Å². The quantitative estimate of drug-likeness (QED) is 0.899. The van der Waals surface area contributed by atoms with Crippen molar-refractivity contribution in [3.05, 3.63) is 42.2 Å². The van der Waals surface area contributed by atoms with Crippen LogP contribution in [0.2, 0.25) is 0 Å². The van der Waals surface area contributed by atoms with Crippen molar-refractivity contribution < 1.29 is 4.79 Å². The van der Waals surface area contributed by atoms with E-state index >= 15 is 0 Å². The average molecular weight is 271 g/mol. The van der Waals surface area contributed by atoms with Gasteiger partial charge in [-0.2, -0.15) is 0 Å². The lowest BCUT2D eigenvalue weighted by molar-refractivity contribution is -0.131. The first-order chi connectivity index (χ1) is 9.72. The predicted octanol–water partition coefficient (Wildman–Crippen LogP) is 0.876. The van der Waals surface area contributed by atoms with Crippen molar-refractivity contribution in [2.45, 2.75) is 18.9 Å². The molecule has 104 valence electrons. The zero-order chi connectivity index (χ0) is 13.9. The van der Waals surface area contributed by atoms with Gasteiger partial charge in [0.2, 0.25) is 11.9 Å². The van der Waals surface area contributed by atoms with Gasteiger partial charge in [0.25, 0.3) is 0 Å². The van der Waals surface area contributed by atoms with Crippen LogP contribution in [0.25, 0.3) is 0 Å². The van der Waals surface area contributed by atoms with E-state index in [0.717, 1.165) is 19.5 Å². The van der Waals surface area contributed by atoms with Gasteiger partial charge in [-0.1, -0.05) is 30.3 Å². The van der Waals surface area contributed by atoms with Crippen LogP contribution in [-0.2, 0) is 11.3 Å². The zero-order valence-electron chi connectivity index (χ0n) is 11.1. The van der Waals surface area contributed by atoms with Crippen LogP contribution >= 0.6 is 0 Å². The Morgan fingerprint density at radius 3 is 2.85 bits per heavy atom. The van der Waals surface area contributed by atoms with Crippen molar-refractivity contribution >= 4 is 11.9 Å². The van der Waals surface area contributed by atoms with Gasteiger partial charge in [-0.3, -0.25) is 4.79 Å². The summed E-state index contributed by atoms with van der Waals surface area (Å²) in [5, 5.41) is 3.94. The third kappa shape index (κ3) is 2.64. The molecule has 2 N–H and O–H groups in total. The van der Waals surface area contributed by atoms with Crippen LogP contribution < -0.4 is 5.73 Å². The zero-order valence-corrected chi connectivity index (χ0v) is 11.1. The van der Waals surface area contributed by atoms with Gasteiger partial charge >= 0.3 is 0 Å². The minimum atomic E-state index is 0.0633. The Kier molecular flexibility index (Phi) is 3.37. The van der Waals surface area contributed by atoms with E-state index in [4.69, 9.17) is 5.73 Å². The van der Waals surface area contributed by atoms with Gasteiger partial charge < -0.3 is 10.6 Å². The summed E-state index contributed by atoms with van der Waals surface area (Å²) in [5.41, 5.74) is 6.74. The second kappa shape index (κ2) is 5.32. The van der Waals surface area contributed by atoms with Gasteiger partial charge in [-0.25, -0.2) is 9.67 Å². The second-order valence-electron chi connectivity index (χ2n) is 5.04. The summed E-state index contributed by atoms with van der Waals surface area (Å²) >= 11 is 0. The monoisotopic (exact) mass is 271 g/mol. The van der Waals surface area contributed by atoms with Crippen LogP contribution in [0.1, 0.15) is 17.9 Å². The van der Waals surface area contributed by atoms with Gasteiger partial charge in [0.1, 0.15) is 12.9 Å². The lowest BCUT2D eigenvalue weighted by Gasteiger charge is -2.16. The van der Waals surface area contributed by atoms with Crippen LogP contribution in [0.15, 0.2) is 36.7 Å². The number of nitrogens with zero attached hydrogens (tertiary/aromatic N) is 4. The van der Waals surface area contributed by atoms with Crippen LogP contribution in [0, 0.1) is 0 Å². The third-order valence-corrected chi connectivity index (χ3v) is 3.66. The fourth-order valence-electron chi connectivity index (χ4n) is 2.61. The first-order valence-electron chi connectivity index (χ1n) is 6.70. The summed E-state index contributed by atoms with van der Waals surface area (Å²) in [6.45, 7) is 1.77. The molecule has 1 aromatic carbocycles. The van der Waals surface area contributed by atoms with Crippen LogP contribution in [-0.4, -0.2) is 38.7 Å². The van der Waals surface area contributed by atoms with Crippen LogP contribution in [0.3, 0.4) is 0 Å². The van der Waals surface area contributed by atoms with Gasteiger partial charge in [0, 0.05) is 19.0 Å². The molecule has 0 aliphatic carbocycles. The van der Waals surface area contributed by atoms with Gasteiger partial charge in [0.15, 0.2) is 0 Å². The largest absolute Gasteiger partial charge is 0.367 e. The maximum Gasteiger partial charge on any atom is 0.244 e. The molecule has 0 radical (unpaired) electrons. The van der Waals surface area contributed by atoms with E-state index < -0.39 is 0 Å². The molecule has 1 saturated heterocycles. The molecule has 1 aromatic heterocycles. The smallest absolute Gasteiger partial charge is 0.244 e. The SMILES string of the molecule is Nc1ncn(CC(=O)N2CCC(c3ccccc3)C2)n1. The molecule has 0 saturated carbocycles. The van der Waals surface area contributed by atoms with E-state index in [1.54, 1.807) is 0 Å². The molecular weight excluding hydrogens is 254 g/mol. The lowest BCUT2D eigenvalue weighted by Crippen LogP contribution is -2.31. The molecule has 2 aromatic rings. The fraction of sp³-hybridized carbons (Fsp3) is 0.357. The number of likely N-dealkylation sites (tertiary alicyclic amines) is 1. The highest BCUT2D eigenvalue weighted by molar-refractivity contribution is 5.76. The maximum atomic E-state index is 12.2. The van der Waals surface area contributed by atoms with Crippen molar-refractivity contribution in [3.63, 3.8) is 0 Å². The third-order valence-electron chi connectivity index (χ3n) is 3.66. The molecule has 3 rings (SSSR count). The molecule has 1 fully saturated rings. The number of nitrogen functional groups attached to an aromatic ring is 1. The molecule has 1 atom stereocenters. The van der Waals surface area contributed by atoms with Crippen molar-refractivity contribution in [2.24, 2.45) is 0 Å². The summed E-state index contributed by atoms with van der Waals surface area (Å²) in [5.74, 6) is 0.690. The summed E-state index contributed by atoms with van der Waals surface area (Å²) in [6, 6.07) is 10.3. The number of benzene rings is 1. The number of hydrogen-bond donors (Lipinski definition) is 1. The topological polar surface area (TPSA) is 77.0 Å². The Labute approximate surface area is 117 Å². The Bertz CT molecular complexity index is 595. The molecule has 1 aliphatic rings. The van der Waals surface area contributed by atoms with Crippen LogP contribution in [0.5, 0.6) is 0 Å². The van der Waals surface area contributed by atoms with Crippen molar-refractivity contribution in [1.29, 1.82) is 0 Å². The standard InChI is InChI=1S/C14H17N5O/c15-14-16-10-19(17-14)9-13(20)18-7-6-12(8-18)11-4-2-1-3-5-11/h1-5,10,12H,6-9H2,(H2,15,17). The Balaban J connectivity index is 1.61. The number of amides is 1.